The number of aromatic nitrogens is 1. The topological polar surface area (TPSA) is 20.2 Å². The van der Waals surface area contributed by atoms with Crippen molar-refractivity contribution in [2.45, 2.75) is 26.4 Å². The van der Waals surface area contributed by atoms with Crippen molar-refractivity contribution in [3.05, 3.63) is 24.0 Å². The third-order valence-electron chi connectivity index (χ3n) is 2.48. The zero-order valence-electron chi connectivity index (χ0n) is 10.2. The zero-order chi connectivity index (χ0) is 11.1. The van der Waals surface area contributed by atoms with Crippen LogP contribution < -0.4 is 5.32 Å². The molecule has 0 aliphatic carbocycles. The Morgan fingerprint density at radius 1 is 1.40 bits per heavy atom. The average Bonchev–Trinajstić information content (AvgIpc) is 2.62. The smallest absolute Gasteiger partial charge is 0.0359 e. The summed E-state index contributed by atoms with van der Waals surface area (Å²) >= 11 is 0. The molecule has 0 fully saturated rings. The second-order valence-corrected chi connectivity index (χ2v) is 4.13. The summed E-state index contributed by atoms with van der Waals surface area (Å²) in [5, 5.41) is 3.36. The van der Waals surface area contributed by atoms with Gasteiger partial charge in [0.1, 0.15) is 0 Å². The third kappa shape index (κ3) is 4.49. The Balaban J connectivity index is 2.35. The van der Waals surface area contributed by atoms with Gasteiger partial charge in [0.15, 0.2) is 0 Å². The lowest BCUT2D eigenvalue weighted by molar-refractivity contribution is 0.384. The molecule has 0 aliphatic rings. The molecule has 3 heteroatoms. The summed E-state index contributed by atoms with van der Waals surface area (Å²) in [4.78, 5) is 2.23. The van der Waals surface area contributed by atoms with Crippen molar-refractivity contribution in [3.8, 4) is 0 Å². The molecule has 0 spiro atoms. The quantitative estimate of drug-likeness (QED) is 0.735. The van der Waals surface area contributed by atoms with Crippen molar-refractivity contribution >= 4 is 0 Å². The number of hydrogen-bond acceptors (Lipinski definition) is 2. The molecule has 1 aromatic rings. The maximum atomic E-state index is 3.36. The van der Waals surface area contributed by atoms with Crippen molar-refractivity contribution < 1.29 is 0 Å². The van der Waals surface area contributed by atoms with Crippen LogP contribution in [0.1, 0.15) is 19.0 Å². The van der Waals surface area contributed by atoms with Crippen molar-refractivity contribution in [2.24, 2.45) is 0 Å². The highest BCUT2D eigenvalue weighted by Gasteiger charge is 1.99. The SMILES string of the molecule is CCNCc1cccn1CCCN(C)C. The summed E-state index contributed by atoms with van der Waals surface area (Å²) in [6, 6.07) is 4.32. The molecule has 0 aromatic carbocycles. The zero-order valence-corrected chi connectivity index (χ0v) is 10.2. The molecule has 0 aliphatic heterocycles. The Kier molecular flexibility index (Phi) is 5.43. The second-order valence-electron chi connectivity index (χ2n) is 4.13. The van der Waals surface area contributed by atoms with Crippen LogP contribution in [0.5, 0.6) is 0 Å². The van der Waals surface area contributed by atoms with Gasteiger partial charge in [-0.2, -0.15) is 0 Å². The fourth-order valence-corrected chi connectivity index (χ4v) is 1.64. The van der Waals surface area contributed by atoms with Crippen LogP contribution in [0.25, 0.3) is 0 Å². The summed E-state index contributed by atoms with van der Waals surface area (Å²) < 4.78 is 2.34. The van der Waals surface area contributed by atoms with E-state index in [-0.39, 0.29) is 0 Å². The van der Waals surface area contributed by atoms with E-state index in [2.05, 4.69) is 54.1 Å². The van der Waals surface area contributed by atoms with Crippen molar-refractivity contribution in [1.82, 2.24) is 14.8 Å². The van der Waals surface area contributed by atoms with Crippen LogP contribution >= 0.6 is 0 Å². The van der Waals surface area contributed by atoms with Gasteiger partial charge in [-0.1, -0.05) is 6.92 Å². The summed E-state index contributed by atoms with van der Waals surface area (Å²) in [6.45, 7) is 6.42. The van der Waals surface area contributed by atoms with Gasteiger partial charge in [0.2, 0.25) is 0 Å². The molecular formula is C12H23N3. The van der Waals surface area contributed by atoms with Crippen molar-refractivity contribution in [2.75, 3.05) is 27.2 Å². The van der Waals surface area contributed by atoms with Crippen LogP contribution in [0.4, 0.5) is 0 Å². The van der Waals surface area contributed by atoms with E-state index < -0.39 is 0 Å². The van der Waals surface area contributed by atoms with E-state index in [9.17, 15) is 0 Å². The summed E-state index contributed by atoms with van der Waals surface area (Å²) in [5.74, 6) is 0. The highest BCUT2D eigenvalue weighted by Crippen LogP contribution is 2.03. The van der Waals surface area contributed by atoms with Gasteiger partial charge in [0.05, 0.1) is 0 Å². The predicted molar refractivity (Wildman–Crippen MR) is 65.0 cm³/mol. The van der Waals surface area contributed by atoms with Crippen molar-refractivity contribution in [1.29, 1.82) is 0 Å². The molecule has 0 bridgehead atoms. The Hall–Kier alpha value is -0.800. The molecule has 0 saturated heterocycles. The normalized spacial score (nSPS) is 11.2. The Morgan fingerprint density at radius 3 is 2.87 bits per heavy atom. The largest absolute Gasteiger partial charge is 0.350 e. The first kappa shape index (κ1) is 12.3. The second kappa shape index (κ2) is 6.64. The first-order valence-electron chi connectivity index (χ1n) is 5.73. The Labute approximate surface area is 93.1 Å². The molecule has 86 valence electrons. The van der Waals surface area contributed by atoms with Gasteiger partial charge in [0.25, 0.3) is 0 Å². The fourth-order valence-electron chi connectivity index (χ4n) is 1.64. The summed E-state index contributed by atoms with van der Waals surface area (Å²) in [7, 11) is 4.24. The van der Waals surface area contributed by atoms with Gasteiger partial charge in [-0.3, -0.25) is 0 Å². The molecule has 0 radical (unpaired) electrons. The summed E-state index contributed by atoms with van der Waals surface area (Å²) in [5.41, 5.74) is 1.38. The van der Waals surface area contributed by atoms with Gasteiger partial charge in [-0.05, 0) is 45.7 Å². The van der Waals surface area contributed by atoms with E-state index >= 15 is 0 Å². The first-order valence-corrected chi connectivity index (χ1v) is 5.73. The molecule has 0 saturated carbocycles. The van der Waals surface area contributed by atoms with Crippen LogP contribution in [0.3, 0.4) is 0 Å². The summed E-state index contributed by atoms with van der Waals surface area (Å²) in [6.07, 6.45) is 3.38. The Morgan fingerprint density at radius 2 is 2.20 bits per heavy atom. The van der Waals surface area contributed by atoms with E-state index in [1.54, 1.807) is 0 Å². The fraction of sp³-hybridized carbons (Fsp3) is 0.667. The first-order chi connectivity index (χ1) is 7.24. The van der Waals surface area contributed by atoms with Crippen LogP contribution in [0.15, 0.2) is 18.3 Å². The predicted octanol–water partition coefficient (Wildman–Crippen LogP) is 1.55. The van der Waals surface area contributed by atoms with Crippen molar-refractivity contribution in [3.63, 3.8) is 0 Å². The highest BCUT2D eigenvalue weighted by atomic mass is 15.1. The van der Waals surface area contributed by atoms with E-state index in [1.807, 2.05) is 0 Å². The average molecular weight is 209 g/mol. The molecule has 1 heterocycles. The van der Waals surface area contributed by atoms with Gasteiger partial charge in [-0.25, -0.2) is 0 Å². The lowest BCUT2D eigenvalue weighted by Gasteiger charge is -2.12. The maximum absolute atomic E-state index is 3.36. The molecule has 1 N–H and O–H groups in total. The lowest BCUT2D eigenvalue weighted by atomic mass is 10.3. The highest BCUT2D eigenvalue weighted by molar-refractivity contribution is 5.06. The van der Waals surface area contributed by atoms with E-state index in [4.69, 9.17) is 0 Å². The standard InChI is InChI=1S/C12H23N3/c1-4-13-11-12-7-5-9-15(12)10-6-8-14(2)3/h5,7,9,13H,4,6,8,10-11H2,1-3H3. The molecule has 0 atom stereocenters. The van der Waals surface area contributed by atoms with Crippen LogP contribution in [-0.2, 0) is 13.1 Å². The van der Waals surface area contributed by atoms with Gasteiger partial charge in [0, 0.05) is 25.0 Å². The number of aryl methyl sites for hydroxylation is 1. The number of hydrogen-bond donors (Lipinski definition) is 1. The van der Waals surface area contributed by atoms with Crippen LogP contribution in [-0.4, -0.2) is 36.7 Å². The molecule has 3 nitrogen and oxygen atoms in total. The molecule has 0 unspecified atom stereocenters. The monoisotopic (exact) mass is 209 g/mol. The number of nitrogens with one attached hydrogen (secondary N) is 1. The minimum Gasteiger partial charge on any atom is -0.350 e. The van der Waals surface area contributed by atoms with Gasteiger partial charge in [-0.15, -0.1) is 0 Å². The molecule has 0 amide bonds. The Bertz CT molecular complexity index is 266. The van der Waals surface area contributed by atoms with E-state index in [0.717, 1.165) is 26.2 Å². The third-order valence-corrected chi connectivity index (χ3v) is 2.48. The van der Waals surface area contributed by atoms with Gasteiger partial charge < -0.3 is 14.8 Å². The molecule has 1 aromatic heterocycles. The minimum absolute atomic E-state index is 0.978. The number of nitrogens with zero attached hydrogens (tertiary/aromatic N) is 2. The van der Waals surface area contributed by atoms with Gasteiger partial charge >= 0.3 is 0 Å². The molecule has 15 heavy (non-hydrogen) atoms. The lowest BCUT2D eigenvalue weighted by Crippen LogP contribution is -2.18. The molecule has 1 rings (SSSR count). The maximum Gasteiger partial charge on any atom is 0.0359 e. The molecular weight excluding hydrogens is 186 g/mol. The number of rotatable bonds is 7. The minimum atomic E-state index is 0.978. The van der Waals surface area contributed by atoms with E-state index in [0.29, 0.717) is 0 Å². The van der Waals surface area contributed by atoms with Crippen LogP contribution in [0.2, 0.25) is 0 Å². The van der Waals surface area contributed by atoms with E-state index in [1.165, 1.54) is 12.1 Å². The van der Waals surface area contributed by atoms with Crippen LogP contribution in [0, 0.1) is 0 Å².